The first-order valence-electron chi connectivity index (χ1n) is 12.9. The topological polar surface area (TPSA) is 79.9 Å². The van der Waals surface area contributed by atoms with Crippen LogP contribution in [0.15, 0.2) is 78.9 Å². The summed E-state index contributed by atoms with van der Waals surface area (Å²) in [5.41, 5.74) is 1.60. The number of carbonyl (C=O) groups is 2. The van der Waals surface area contributed by atoms with E-state index in [2.05, 4.69) is 10.6 Å². The summed E-state index contributed by atoms with van der Waals surface area (Å²) in [6.07, 6.45) is 5.50. The Hall–Kier alpha value is -3.91. The van der Waals surface area contributed by atoms with Gasteiger partial charge in [-0.2, -0.15) is 0 Å². The second-order valence-corrected chi connectivity index (χ2v) is 9.56. The molecule has 2 amide bonds. The number of anilines is 1. The molecule has 0 aliphatic heterocycles. The van der Waals surface area contributed by atoms with Gasteiger partial charge in [0.1, 0.15) is 24.7 Å². The molecule has 0 unspecified atom stereocenters. The fourth-order valence-corrected chi connectivity index (χ4v) is 4.56. The molecule has 0 saturated heterocycles. The minimum absolute atomic E-state index is 0.127. The van der Waals surface area contributed by atoms with Crippen molar-refractivity contribution in [3.63, 3.8) is 0 Å². The van der Waals surface area contributed by atoms with E-state index in [1.54, 1.807) is 42.3 Å². The van der Waals surface area contributed by atoms with Crippen LogP contribution in [0.1, 0.15) is 52.8 Å². The van der Waals surface area contributed by atoms with Crippen molar-refractivity contribution in [1.29, 1.82) is 0 Å². The Bertz CT molecular complexity index is 1230. The van der Waals surface area contributed by atoms with Crippen LogP contribution >= 0.6 is 12.2 Å². The largest absolute Gasteiger partial charge is 0.490 e. The highest BCUT2D eigenvalue weighted by Gasteiger charge is 2.21. The molecule has 38 heavy (non-hydrogen) atoms. The van der Waals surface area contributed by atoms with Gasteiger partial charge < -0.3 is 19.7 Å². The number of nitrogens with one attached hydrogen (secondary N) is 2. The van der Waals surface area contributed by atoms with E-state index in [4.69, 9.17) is 21.7 Å². The first kappa shape index (κ1) is 27.1. The van der Waals surface area contributed by atoms with Crippen LogP contribution in [0.3, 0.4) is 0 Å². The van der Waals surface area contributed by atoms with Crippen molar-refractivity contribution < 1.29 is 19.1 Å². The Morgan fingerprint density at radius 1 is 0.816 bits per heavy atom. The number of hydrogen-bond donors (Lipinski definition) is 2. The van der Waals surface area contributed by atoms with E-state index in [9.17, 15) is 9.59 Å². The molecule has 2 N–H and O–H groups in total. The minimum Gasteiger partial charge on any atom is -0.490 e. The van der Waals surface area contributed by atoms with Crippen LogP contribution in [0, 0.1) is 0 Å². The molecule has 4 rings (SSSR count). The van der Waals surface area contributed by atoms with Crippen LogP contribution in [0.2, 0.25) is 0 Å². The maximum absolute atomic E-state index is 13.0. The van der Waals surface area contributed by atoms with Crippen LogP contribution in [-0.2, 0) is 0 Å². The van der Waals surface area contributed by atoms with Gasteiger partial charge in [0.25, 0.3) is 11.8 Å². The van der Waals surface area contributed by atoms with Crippen molar-refractivity contribution in [1.82, 2.24) is 10.6 Å². The van der Waals surface area contributed by atoms with Crippen LogP contribution in [0.5, 0.6) is 11.5 Å². The van der Waals surface area contributed by atoms with E-state index in [1.807, 2.05) is 48.5 Å². The highest BCUT2D eigenvalue weighted by molar-refractivity contribution is 7.80. The summed E-state index contributed by atoms with van der Waals surface area (Å²) in [7, 11) is 1.74. The maximum Gasteiger partial charge on any atom is 0.257 e. The van der Waals surface area contributed by atoms with Crippen molar-refractivity contribution in [3.05, 3.63) is 90.0 Å². The average Bonchev–Trinajstić information content (AvgIpc) is 2.96. The monoisotopic (exact) mass is 531 g/mol. The first-order valence-corrected chi connectivity index (χ1v) is 13.3. The molecule has 1 fully saturated rings. The zero-order chi connectivity index (χ0) is 26.7. The van der Waals surface area contributed by atoms with Gasteiger partial charge in [0.15, 0.2) is 5.11 Å². The SMILES string of the molecule is CN(C(=S)NC(=O)c1ccc(OCCOc2ccccc2)cc1)c1ccccc1C(=O)NC1CCCCC1. The predicted octanol–water partition coefficient (Wildman–Crippen LogP) is 5.36. The fraction of sp³-hybridized carbons (Fsp3) is 0.300. The van der Waals surface area contributed by atoms with Crippen LogP contribution in [0.25, 0.3) is 0 Å². The predicted molar refractivity (Wildman–Crippen MR) is 153 cm³/mol. The Morgan fingerprint density at radius 3 is 2.11 bits per heavy atom. The van der Waals surface area contributed by atoms with Gasteiger partial charge in [0.2, 0.25) is 0 Å². The molecule has 0 spiro atoms. The van der Waals surface area contributed by atoms with Crippen LogP contribution < -0.4 is 25.0 Å². The van der Waals surface area contributed by atoms with Gasteiger partial charge in [0.05, 0.1) is 11.3 Å². The molecule has 1 saturated carbocycles. The second-order valence-electron chi connectivity index (χ2n) is 9.18. The van der Waals surface area contributed by atoms with Crippen molar-refractivity contribution in [2.24, 2.45) is 0 Å². The number of para-hydroxylation sites is 2. The second kappa shape index (κ2) is 13.6. The summed E-state index contributed by atoms with van der Waals surface area (Å²) >= 11 is 5.50. The molecule has 8 heteroatoms. The summed E-state index contributed by atoms with van der Waals surface area (Å²) < 4.78 is 11.3. The van der Waals surface area contributed by atoms with Gasteiger partial charge in [-0.25, -0.2) is 0 Å². The van der Waals surface area contributed by atoms with E-state index >= 15 is 0 Å². The van der Waals surface area contributed by atoms with Crippen molar-refractivity contribution in [3.8, 4) is 11.5 Å². The lowest BCUT2D eigenvalue weighted by molar-refractivity contribution is 0.0927. The Morgan fingerprint density at radius 2 is 1.42 bits per heavy atom. The van der Waals surface area contributed by atoms with Gasteiger partial charge in [0, 0.05) is 18.7 Å². The smallest absolute Gasteiger partial charge is 0.257 e. The zero-order valence-electron chi connectivity index (χ0n) is 21.5. The average molecular weight is 532 g/mol. The molecule has 3 aromatic rings. The van der Waals surface area contributed by atoms with Crippen molar-refractivity contribution in [2.75, 3.05) is 25.2 Å². The van der Waals surface area contributed by atoms with Crippen LogP contribution in [-0.4, -0.2) is 43.2 Å². The third-order valence-electron chi connectivity index (χ3n) is 6.46. The Labute approximate surface area is 229 Å². The summed E-state index contributed by atoms with van der Waals surface area (Å²) in [5, 5.41) is 6.11. The highest BCUT2D eigenvalue weighted by Crippen LogP contribution is 2.22. The molecular weight excluding hydrogens is 498 g/mol. The maximum atomic E-state index is 13.0. The summed E-state index contributed by atoms with van der Waals surface area (Å²) in [4.78, 5) is 27.5. The van der Waals surface area contributed by atoms with Crippen molar-refractivity contribution in [2.45, 2.75) is 38.1 Å². The van der Waals surface area contributed by atoms with Gasteiger partial charge >= 0.3 is 0 Å². The summed E-state index contributed by atoms with van der Waals surface area (Å²) in [5.74, 6) is 0.954. The van der Waals surface area contributed by atoms with Gasteiger partial charge in [-0.05, 0) is 73.6 Å². The molecule has 0 heterocycles. The lowest BCUT2D eigenvalue weighted by Gasteiger charge is -2.26. The Kier molecular flexibility index (Phi) is 9.70. The van der Waals surface area contributed by atoms with E-state index < -0.39 is 0 Å². The molecule has 0 atom stereocenters. The fourth-order valence-electron chi connectivity index (χ4n) is 4.37. The third kappa shape index (κ3) is 7.55. The molecule has 0 aromatic heterocycles. The molecule has 1 aliphatic rings. The zero-order valence-corrected chi connectivity index (χ0v) is 22.3. The molecule has 1 aliphatic carbocycles. The van der Waals surface area contributed by atoms with E-state index in [0.29, 0.717) is 35.8 Å². The highest BCUT2D eigenvalue weighted by atomic mass is 32.1. The summed E-state index contributed by atoms with van der Waals surface area (Å²) in [6.45, 7) is 0.788. The normalized spacial score (nSPS) is 13.3. The van der Waals surface area contributed by atoms with Gasteiger partial charge in [-0.1, -0.05) is 49.6 Å². The molecule has 0 radical (unpaired) electrons. The van der Waals surface area contributed by atoms with Crippen LogP contribution in [0.4, 0.5) is 5.69 Å². The van der Waals surface area contributed by atoms with E-state index in [1.165, 1.54) is 6.42 Å². The number of ether oxygens (including phenoxy) is 2. The number of benzene rings is 3. The number of carbonyl (C=O) groups excluding carboxylic acids is 2. The molecule has 0 bridgehead atoms. The molecule has 3 aromatic carbocycles. The number of nitrogens with zero attached hydrogens (tertiary/aromatic N) is 1. The number of amides is 2. The standard InChI is InChI=1S/C30H33N3O4S/c1-33(27-15-9-8-14-26(27)29(35)31-23-10-4-2-5-11-23)30(38)32-28(34)22-16-18-25(19-17-22)37-21-20-36-24-12-6-3-7-13-24/h3,6-9,12-19,23H,2,4-5,10-11,20-21H2,1H3,(H,31,35)(H,32,34,38). The lowest BCUT2D eigenvalue weighted by atomic mass is 9.95. The number of thiocarbonyl (C=S) groups is 1. The minimum atomic E-state index is -0.343. The van der Waals surface area contributed by atoms with Crippen molar-refractivity contribution >= 4 is 34.8 Å². The number of rotatable bonds is 9. The molecular formula is C30H33N3O4S. The molecule has 198 valence electrons. The third-order valence-corrected chi connectivity index (χ3v) is 6.83. The van der Waals surface area contributed by atoms with E-state index in [0.717, 1.165) is 31.4 Å². The van der Waals surface area contributed by atoms with Gasteiger partial charge in [-0.3, -0.25) is 14.9 Å². The van der Waals surface area contributed by atoms with E-state index in [-0.39, 0.29) is 23.0 Å². The first-order chi connectivity index (χ1) is 18.5. The quantitative estimate of drug-likeness (QED) is 0.286. The van der Waals surface area contributed by atoms with Gasteiger partial charge in [-0.15, -0.1) is 0 Å². The lowest BCUT2D eigenvalue weighted by Crippen LogP contribution is -2.42. The summed E-state index contributed by atoms with van der Waals surface area (Å²) in [6, 6.07) is 23.8. The molecule has 7 nitrogen and oxygen atoms in total. The Balaban J connectivity index is 1.29. The number of hydrogen-bond acceptors (Lipinski definition) is 5.